The maximum Gasteiger partial charge on any atom is 0.310 e. The second kappa shape index (κ2) is 7.01. The normalized spacial score (nSPS) is 10.9. The van der Waals surface area contributed by atoms with Gasteiger partial charge in [-0.15, -0.1) is 0 Å². The Morgan fingerprint density at radius 1 is 1.11 bits per heavy atom. The number of carbonyl (C=O) groups excluding carboxylic acids is 1. The molecular formula is C14H18Cl2O3. The first-order valence-corrected chi connectivity index (χ1v) is 6.89. The molecule has 0 aliphatic rings. The maximum atomic E-state index is 11.7. The van der Waals surface area contributed by atoms with Gasteiger partial charge in [-0.1, -0.05) is 23.2 Å². The molecule has 5 heteroatoms. The van der Waals surface area contributed by atoms with E-state index in [0.717, 1.165) is 0 Å². The SMILES string of the molecule is CC(C)OC(=O)Cc1cc(Cl)c(Cl)cc1OC(C)C. The van der Waals surface area contributed by atoms with Gasteiger partial charge in [0, 0.05) is 11.6 Å². The van der Waals surface area contributed by atoms with Gasteiger partial charge >= 0.3 is 5.97 Å². The van der Waals surface area contributed by atoms with E-state index in [1.807, 2.05) is 13.8 Å². The van der Waals surface area contributed by atoms with E-state index >= 15 is 0 Å². The molecule has 106 valence electrons. The Kier molecular flexibility index (Phi) is 5.95. The van der Waals surface area contributed by atoms with Gasteiger partial charge in [-0.25, -0.2) is 0 Å². The topological polar surface area (TPSA) is 35.5 Å². The standard InChI is InChI=1S/C14H18Cl2O3/c1-8(2)18-13-7-12(16)11(15)5-10(13)6-14(17)19-9(3)4/h5,7-9H,6H2,1-4H3. The van der Waals surface area contributed by atoms with Gasteiger partial charge in [-0.3, -0.25) is 4.79 Å². The largest absolute Gasteiger partial charge is 0.491 e. The van der Waals surface area contributed by atoms with Crippen LogP contribution in [0.3, 0.4) is 0 Å². The first-order chi connectivity index (χ1) is 8.79. The zero-order chi connectivity index (χ0) is 14.6. The number of esters is 1. The lowest BCUT2D eigenvalue weighted by atomic mass is 10.1. The summed E-state index contributed by atoms with van der Waals surface area (Å²) < 4.78 is 10.7. The number of halogens is 2. The van der Waals surface area contributed by atoms with E-state index in [4.69, 9.17) is 32.7 Å². The van der Waals surface area contributed by atoms with Crippen molar-refractivity contribution in [2.45, 2.75) is 46.3 Å². The van der Waals surface area contributed by atoms with E-state index in [9.17, 15) is 4.79 Å². The summed E-state index contributed by atoms with van der Waals surface area (Å²) >= 11 is 11.9. The number of hydrogen-bond acceptors (Lipinski definition) is 3. The molecule has 0 aliphatic carbocycles. The third-order valence-electron chi connectivity index (χ3n) is 2.17. The van der Waals surface area contributed by atoms with Crippen LogP contribution in [0.2, 0.25) is 10.0 Å². The van der Waals surface area contributed by atoms with Crippen LogP contribution in [0.15, 0.2) is 12.1 Å². The molecule has 0 spiro atoms. The predicted octanol–water partition coefficient (Wildman–Crippen LogP) is 4.27. The molecule has 1 aromatic carbocycles. The fraction of sp³-hybridized carbons (Fsp3) is 0.500. The van der Waals surface area contributed by atoms with Crippen molar-refractivity contribution in [3.8, 4) is 5.75 Å². The Bertz CT molecular complexity index is 456. The fourth-order valence-corrected chi connectivity index (χ4v) is 1.87. The molecule has 0 atom stereocenters. The number of hydrogen-bond donors (Lipinski definition) is 0. The average Bonchev–Trinajstić information content (AvgIpc) is 2.23. The van der Waals surface area contributed by atoms with Crippen LogP contribution in [0.1, 0.15) is 33.3 Å². The molecule has 0 fully saturated rings. The summed E-state index contributed by atoms with van der Waals surface area (Å²) in [4.78, 5) is 11.7. The molecule has 0 heterocycles. The van der Waals surface area contributed by atoms with Crippen LogP contribution < -0.4 is 4.74 Å². The summed E-state index contributed by atoms with van der Waals surface area (Å²) in [5.74, 6) is 0.243. The molecule has 0 aromatic heterocycles. The molecule has 0 aliphatic heterocycles. The molecule has 0 amide bonds. The molecule has 3 nitrogen and oxygen atoms in total. The maximum absolute atomic E-state index is 11.7. The van der Waals surface area contributed by atoms with Crippen molar-refractivity contribution in [3.05, 3.63) is 27.7 Å². The van der Waals surface area contributed by atoms with Crippen molar-refractivity contribution >= 4 is 29.2 Å². The molecular weight excluding hydrogens is 287 g/mol. The minimum Gasteiger partial charge on any atom is -0.491 e. The lowest BCUT2D eigenvalue weighted by molar-refractivity contribution is -0.146. The third kappa shape index (κ3) is 5.29. The molecule has 0 saturated carbocycles. The molecule has 0 radical (unpaired) electrons. The Balaban J connectivity index is 2.97. The Hall–Kier alpha value is -0.930. The minimum absolute atomic E-state index is 0.0166. The van der Waals surface area contributed by atoms with Crippen LogP contribution in [0.5, 0.6) is 5.75 Å². The zero-order valence-corrected chi connectivity index (χ0v) is 13.0. The van der Waals surface area contributed by atoms with Crippen LogP contribution >= 0.6 is 23.2 Å². The van der Waals surface area contributed by atoms with Gasteiger partial charge in [0.25, 0.3) is 0 Å². The van der Waals surface area contributed by atoms with E-state index in [1.165, 1.54) is 0 Å². The highest BCUT2D eigenvalue weighted by atomic mass is 35.5. The van der Waals surface area contributed by atoms with Crippen LogP contribution in [-0.4, -0.2) is 18.2 Å². The number of carbonyl (C=O) groups is 1. The average molecular weight is 305 g/mol. The van der Waals surface area contributed by atoms with Gasteiger partial charge in [0.15, 0.2) is 0 Å². The summed E-state index contributed by atoms with van der Waals surface area (Å²) in [7, 11) is 0. The minimum atomic E-state index is -0.318. The molecule has 1 rings (SSSR count). The Morgan fingerprint density at radius 2 is 1.68 bits per heavy atom. The van der Waals surface area contributed by atoms with Gasteiger partial charge in [0.2, 0.25) is 0 Å². The monoisotopic (exact) mass is 304 g/mol. The highest BCUT2D eigenvalue weighted by Gasteiger charge is 2.15. The molecule has 19 heavy (non-hydrogen) atoms. The summed E-state index contributed by atoms with van der Waals surface area (Å²) in [6.07, 6.45) is -0.0567. The van der Waals surface area contributed by atoms with Gasteiger partial charge in [0.05, 0.1) is 28.7 Å². The summed E-state index contributed by atoms with van der Waals surface area (Å²) in [6, 6.07) is 3.27. The fourth-order valence-electron chi connectivity index (χ4n) is 1.53. The smallest absolute Gasteiger partial charge is 0.310 e. The first-order valence-electron chi connectivity index (χ1n) is 6.13. The molecule has 0 unspecified atom stereocenters. The first kappa shape index (κ1) is 16.1. The van der Waals surface area contributed by atoms with E-state index in [-0.39, 0.29) is 24.6 Å². The van der Waals surface area contributed by atoms with Crippen LogP contribution in [0.25, 0.3) is 0 Å². The van der Waals surface area contributed by atoms with Crippen molar-refractivity contribution in [1.82, 2.24) is 0 Å². The van der Waals surface area contributed by atoms with Crippen molar-refractivity contribution in [3.63, 3.8) is 0 Å². The highest BCUT2D eigenvalue weighted by molar-refractivity contribution is 6.42. The van der Waals surface area contributed by atoms with Crippen molar-refractivity contribution in [1.29, 1.82) is 0 Å². The highest BCUT2D eigenvalue weighted by Crippen LogP contribution is 2.31. The van der Waals surface area contributed by atoms with Gasteiger partial charge < -0.3 is 9.47 Å². The molecule has 0 N–H and O–H groups in total. The molecule has 0 saturated heterocycles. The zero-order valence-electron chi connectivity index (χ0n) is 11.5. The van der Waals surface area contributed by atoms with E-state index in [2.05, 4.69) is 0 Å². The van der Waals surface area contributed by atoms with Crippen molar-refractivity contribution in [2.75, 3.05) is 0 Å². The molecule has 1 aromatic rings. The summed E-state index contributed by atoms with van der Waals surface area (Å²) in [5, 5.41) is 0.795. The van der Waals surface area contributed by atoms with Crippen LogP contribution in [0, 0.1) is 0 Å². The van der Waals surface area contributed by atoms with E-state index < -0.39 is 0 Å². The Morgan fingerprint density at radius 3 is 2.21 bits per heavy atom. The predicted molar refractivity (Wildman–Crippen MR) is 77.2 cm³/mol. The number of benzene rings is 1. The van der Waals surface area contributed by atoms with Crippen LogP contribution in [0.4, 0.5) is 0 Å². The second-order valence-electron chi connectivity index (χ2n) is 4.76. The van der Waals surface area contributed by atoms with E-state index in [1.54, 1.807) is 26.0 Å². The number of ether oxygens (including phenoxy) is 2. The van der Waals surface area contributed by atoms with Crippen molar-refractivity contribution in [2.24, 2.45) is 0 Å². The second-order valence-corrected chi connectivity index (χ2v) is 5.57. The third-order valence-corrected chi connectivity index (χ3v) is 2.89. The van der Waals surface area contributed by atoms with Crippen LogP contribution in [-0.2, 0) is 16.0 Å². The number of rotatable bonds is 5. The van der Waals surface area contributed by atoms with Gasteiger partial charge in [-0.2, -0.15) is 0 Å². The lowest BCUT2D eigenvalue weighted by Crippen LogP contribution is -2.15. The van der Waals surface area contributed by atoms with Gasteiger partial charge in [0.1, 0.15) is 5.75 Å². The van der Waals surface area contributed by atoms with E-state index in [0.29, 0.717) is 21.4 Å². The summed E-state index contributed by atoms with van der Waals surface area (Å²) in [5.41, 5.74) is 0.675. The van der Waals surface area contributed by atoms with Crippen molar-refractivity contribution < 1.29 is 14.3 Å². The molecule has 0 bridgehead atoms. The summed E-state index contributed by atoms with van der Waals surface area (Å²) in [6.45, 7) is 7.41. The quantitative estimate of drug-likeness (QED) is 0.762. The van der Waals surface area contributed by atoms with Gasteiger partial charge in [-0.05, 0) is 33.8 Å². The lowest BCUT2D eigenvalue weighted by Gasteiger charge is -2.16. The Labute approximate surface area is 123 Å².